The number of fused-ring (bicyclic) bond motifs is 1. The molecule has 1 aromatic rings. The van der Waals surface area contributed by atoms with Gasteiger partial charge in [0.1, 0.15) is 0 Å². The first-order chi connectivity index (χ1) is 9.86. The van der Waals surface area contributed by atoms with Gasteiger partial charge in [-0.1, -0.05) is 24.0 Å². The molecule has 106 valence electrons. The SMILES string of the molecule is NCC#Cc1cccc(CN2CCOC3CCCC32)c1. The molecular weight excluding hydrogens is 248 g/mol. The van der Waals surface area contributed by atoms with Crippen molar-refractivity contribution < 1.29 is 4.74 Å². The van der Waals surface area contributed by atoms with Crippen molar-refractivity contribution in [3.05, 3.63) is 35.4 Å². The van der Waals surface area contributed by atoms with Gasteiger partial charge in [0.25, 0.3) is 0 Å². The molecule has 1 aromatic carbocycles. The molecule has 0 aromatic heterocycles. The van der Waals surface area contributed by atoms with E-state index in [1.165, 1.54) is 24.8 Å². The number of nitrogens with two attached hydrogens (primary N) is 1. The second-order valence-electron chi connectivity index (χ2n) is 5.58. The molecule has 0 spiro atoms. The Hall–Kier alpha value is -1.34. The lowest BCUT2D eigenvalue weighted by Crippen LogP contribution is -2.47. The molecule has 1 aliphatic carbocycles. The Labute approximate surface area is 121 Å². The zero-order valence-corrected chi connectivity index (χ0v) is 11.8. The van der Waals surface area contributed by atoms with Crippen LogP contribution >= 0.6 is 0 Å². The Balaban J connectivity index is 1.70. The fraction of sp³-hybridized carbons (Fsp3) is 0.529. The predicted molar refractivity (Wildman–Crippen MR) is 80.2 cm³/mol. The van der Waals surface area contributed by atoms with Crippen LogP contribution in [0, 0.1) is 11.8 Å². The number of benzene rings is 1. The largest absolute Gasteiger partial charge is 0.375 e. The van der Waals surface area contributed by atoms with E-state index in [1.54, 1.807) is 0 Å². The van der Waals surface area contributed by atoms with Crippen molar-refractivity contribution in [2.75, 3.05) is 19.7 Å². The lowest BCUT2D eigenvalue weighted by molar-refractivity contribution is -0.0588. The molecule has 0 amide bonds. The molecule has 3 nitrogen and oxygen atoms in total. The van der Waals surface area contributed by atoms with Gasteiger partial charge in [-0.05, 0) is 37.0 Å². The molecule has 3 heteroatoms. The first-order valence-corrected chi connectivity index (χ1v) is 7.50. The fourth-order valence-electron chi connectivity index (χ4n) is 3.34. The summed E-state index contributed by atoms with van der Waals surface area (Å²) in [6, 6.07) is 9.11. The summed E-state index contributed by atoms with van der Waals surface area (Å²) in [6.07, 6.45) is 4.26. The molecule has 0 radical (unpaired) electrons. The van der Waals surface area contributed by atoms with E-state index in [0.29, 0.717) is 18.7 Å². The molecule has 1 aliphatic heterocycles. The molecule has 3 rings (SSSR count). The van der Waals surface area contributed by atoms with Crippen molar-refractivity contribution in [2.24, 2.45) is 5.73 Å². The van der Waals surface area contributed by atoms with Gasteiger partial charge in [-0.25, -0.2) is 0 Å². The van der Waals surface area contributed by atoms with Crippen LogP contribution in [0.25, 0.3) is 0 Å². The van der Waals surface area contributed by atoms with Crippen molar-refractivity contribution in [1.29, 1.82) is 0 Å². The van der Waals surface area contributed by atoms with Crippen LogP contribution in [-0.4, -0.2) is 36.7 Å². The minimum absolute atomic E-state index is 0.414. The Bertz CT molecular complexity index is 517. The molecule has 20 heavy (non-hydrogen) atoms. The third-order valence-electron chi connectivity index (χ3n) is 4.24. The predicted octanol–water partition coefficient (Wildman–Crippen LogP) is 1.75. The number of morpholine rings is 1. The van der Waals surface area contributed by atoms with Crippen LogP contribution in [0.5, 0.6) is 0 Å². The zero-order valence-electron chi connectivity index (χ0n) is 11.8. The summed E-state index contributed by atoms with van der Waals surface area (Å²) >= 11 is 0. The lowest BCUT2D eigenvalue weighted by Gasteiger charge is -2.37. The van der Waals surface area contributed by atoms with Gasteiger partial charge in [0.05, 0.1) is 19.3 Å². The maximum Gasteiger partial charge on any atom is 0.0731 e. The molecule has 1 heterocycles. The number of hydrogen-bond acceptors (Lipinski definition) is 3. The van der Waals surface area contributed by atoms with E-state index in [-0.39, 0.29) is 0 Å². The number of rotatable bonds is 2. The first-order valence-electron chi connectivity index (χ1n) is 7.50. The van der Waals surface area contributed by atoms with Gasteiger partial charge in [-0.2, -0.15) is 0 Å². The van der Waals surface area contributed by atoms with Crippen LogP contribution in [0.3, 0.4) is 0 Å². The number of nitrogens with zero attached hydrogens (tertiary/aromatic N) is 1. The van der Waals surface area contributed by atoms with E-state index in [0.717, 1.165) is 25.3 Å². The van der Waals surface area contributed by atoms with E-state index in [4.69, 9.17) is 10.5 Å². The van der Waals surface area contributed by atoms with Gasteiger partial charge in [0, 0.05) is 24.7 Å². The molecule has 2 fully saturated rings. The molecule has 1 saturated heterocycles. The van der Waals surface area contributed by atoms with E-state index in [2.05, 4.69) is 34.9 Å². The summed E-state index contributed by atoms with van der Waals surface area (Å²) in [4.78, 5) is 2.58. The average molecular weight is 270 g/mol. The normalized spacial score (nSPS) is 25.9. The van der Waals surface area contributed by atoms with Gasteiger partial charge < -0.3 is 10.5 Å². The van der Waals surface area contributed by atoms with Crippen LogP contribution < -0.4 is 5.73 Å². The van der Waals surface area contributed by atoms with Gasteiger partial charge in [-0.15, -0.1) is 0 Å². The topological polar surface area (TPSA) is 38.5 Å². The summed E-state index contributed by atoms with van der Waals surface area (Å²) in [6.45, 7) is 3.33. The fourth-order valence-corrected chi connectivity index (χ4v) is 3.34. The van der Waals surface area contributed by atoms with Crippen molar-refractivity contribution in [2.45, 2.75) is 38.0 Å². The van der Waals surface area contributed by atoms with Crippen molar-refractivity contribution in [3.63, 3.8) is 0 Å². The van der Waals surface area contributed by atoms with Crippen LogP contribution in [0.4, 0.5) is 0 Å². The van der Waals surface area contributed by atoms with Gasteiger partial charge >= 0.3 is 0 Å². The third-order valence-corrected chi connectivity index (χ3v) is 4.24. The van der Waals surface area contributed by atoms with Crippen LogP contribution in [-0.2, 0) is 11.3 Å². The van der Waals surface area contributed by atoms with Crippen LogP contribution in [0.15, 0.2) is 24.3 Å². The van der Waals surface area contributed by atoms with E-state index in [9.17, 15) is 0 Å². The van der Waals surface area contributed by atoms with Crippen molar-refractivity contribution in [3.8, 4) is 11.8 Å². The second kappa shape index (κ2) is 6.41. The van der Waals surface area contributed by atoms with E-state index < -0.39 is 0 Å². The molecular formula is C17H22N2O. The van der Waals surface area contributed by atoms with Crippen molar-refractivity contribution in [1.82, 2.24) is 4.90 Å². The number of hydrogen-bond donors (Lipinski definition) is 1. The summed E-state index contributed by atoms with van der Waals surface area (Å²) in [5, 5.41) is 0. The monoisotopic (exact) mass is 270 g/mol. The van der Waals surface area contributed by atoms with Crippen LogP contribution in [0.2, 0.25) is 0 Å². The Morgan fingerprint density at radius 3 is 3.20 bits per heavy atom. The van der Waals surface area contributed by atoms with Crippen molar-refractivity contribution >= 4 is 0 Å². The lowest BCUT2D eigenvalue weighted by atomic mass is 10.1. The molecule has 2 unspecified atom stereocenters. The van der Waals surface area contributed by atoms with Gasteiger partial charge in [0.2, 0.25) is 0 Å². The smallest absolute Gasteiger partial charge is 0.0731 e. The zero-order chi connectivity index (χ0) is 13.8. The highest BCUT2D eigenvalue weighted by atomic mass is 16.5. The second-order valence-corrected chi connectivity index (χ2v) is 5.58. The summed E-state index contributed by atoms with van der Waals surface area (Å²) in [5.74, 6) is 6.03. The minimum Gasteiger partial charge on any atom is -0.375 e. The average Bonchev–Trinajstić information content (AvgIpc) is 2.95. The molecule has 2 atom stereocenters. The molecule has 2 aliphatic rings. The minimum atomic E-state index is 0.414. The summed E-state index contributed by atoms with van der Waals surface area (Å²) in [7, 11) is 0. The van der Waals surface area contributed by atoms with Crippen LogP contribution in [0.1, 0.15) is 30.4 Å². The Kier molecular flexibility index (Phi) is 4.37. The maximum atomic E-state index is 5.87. The van der Waals surface area contributed by atoms with E-state index >= 15 is 0 Å². The molecule has 2 N–H and O–H groups in total. The van der Waals surface area contributed by atoms with Gasteiger partial charge in [-0.3, -0.25) is 4.90 Å². The summed E-state index contributed by atoms with van der Waals surface area (Å²) in [5.41, 5.74) is 7.82. The maximum absolute atomic E-state index is 5.87. The highest BCUT2D eigenvalue weighted by Crippen LogP contribution is 2.30. The first kappa shape index (κ1) is 13.6. The van der Waals surface area contributed by atoms with Gasteiger partial charge in [0.15, 0.2) is 0 Å². The quantitative estimate of drug-likeness (QED) is 0.832. The van der Waals surface area contributed by atoms with E-state index in [1.807, 2.05) is 6.07 Å². The Morgan fingerprint density at radius 1 is 1.35 bits per heavy atom. The highest BCUT2D eigenvalue weighted by molar-refractivity contribution is 5.37. The molecule has 0 bridgehead atoms. The Morgan fingerprint density at radius 2 is 2.30 bits per heavy atom. The highest BCUT2D eigenvalue weighted by Gasteiger charge is 2.35. The third kappa shape index (κ3) is 3.04. The number of ether oxygens (including phenoxy) is 1. The molecule has 1 saturated carbocycles. The standard InChI is InChI=1S/C17H22N2O/c18-9-3-6-14-4-1-5-15(12-14)13-19-10-11-20-17-8-2-7-16(17)19/h1,4-5,12,16-17H,2,7-11,13,18H2. The summed E-state index contributed by atoms with van der Waals surface area (Å²) < 4.78 is 5.87.